The molecule has 0 unspecified atom stereocenters. The Balaban J connectivity index is 2.19. The highest BCUT2D eigenvalue weighted by molar-refractivity contribution is 5.52. The van der Waals surface area contributed by atoms with Gasteiger partial charge in [-0.3, -0.25) is 0 Å². The second kappa shape index (κ2) is 8.55. The molecule has 0 heterocycles. The van der Waals surface area contributed by atoms with Gasteiger partial charge in [0, 0.05) is 13.0 Å². The van der Waals surface area contributed by atoms with Crippen molar-refractivity contribution in [1.29, 1.82) is 5.26 Å². The molecule has 0 fully saturated rings. The van der Waals surface area contributed by atoms with Gasteiger partial charge in [-0.15, -0.1) is 0 Å². The molecule has 17 heavy (non-hydrogen) atoms. The number of benzene rings is 1. The van der Waals surface area contributed by atoms with Crippen LogP contribution in [0.4, 0.5) is 0 Å². The molecule has 0 radical (unpaired) electrons. The van der Waals surface area contributed by atoms with E-state index in [-0.39, 0.29) is 0 Å². The molecule has 0 spiro atoms. The van der Waals surface area contributed by atoms with Crippen molar-refractivity contribution in [2.24, 2.45) is 0 Å². The Morgan fingerprint density at radius 2 is 2.06 bits per heavy atom. The van der Waals surface area contributed by atoms with Gasteiger partial charge in [0.1, 0.15) is 0 Å². The molecule has 1 rings (SSSR count). The smallest absolute Gasteiger partial charge is 0.0621 e. The summed E-state index contributed by atoms with van der Waals surface area (Å²) in [4.78, 5) is 0. The fourth-order valence-corrected chi connectivity index (χ4v) is 1.62. The molecule has 0 saturated carbocycles. The number of nitriles is 1. The van der Waals surface area contributed by atoms with Crippen molar-refractivity contribution in [3.05, 3.63) is 41.5 Å². The highest BCUT2D eigenvalue weighted by atomic mass is 14.8. The van der Waals surface area contributed by atoms with Crippen LogP contribution in [0.2, 0.25) is 0 Å². The molecule has 1 aromatic rings. The average molecular weight is 228 g/mol. The molecule has 90 valence electrons. The number of hydrogen-bond acceptors (Lipinski definition) is 2. The Morgan fingerprint density at radius 3 is 2.76 bits per heavy atom. The third kappa shape index (κ3) is 6.55. The molecule has 2 heteroatoms. The van der Waals surface area contributed by atoms with E-state index in [9.17, 15) is 0 Å². The lowest BCUT2D eigenvalue weighted by Gasteiger charge is -2.04. The summed E-state index contributed by atoms with van der Waals surface area (Å²) >= 11 is 0. The fourth-order valence-electron chi connectivity index (χ4n) is 1.62. The summed E-state index contributed by atoms with van der Waals surface area (Å²) in [6.07, 6.45) is 4.93. The molecular formula is C15H20N2. The van der Waals surface area contributed by atoms with Gasteiger partial charge in [0.2, 0.25) is 0 Å². The van der Waals surface area contributed by atoms with Crippen LogP contribution in [-0.2, 0) is 0 Å². The summed E-state index contributed by atoms with van der Waals surface area (Å²) in [5.74, 6) is 0. The van der Waals surface area contributed by atoms with Crippen molar-refractivity contribution in [3.63, 3.8) is 0 Å². The van der Waals surface area contributed by atoms with Gasteiger partial charge in [-0.05, 0) is 31.9 Å². The third-order valence-corrected chi connectivity index (χ3v) is 2.51. The van der Waals surface area contributed by atoms with E-state index in [1.54, 1.807) is 0 Å². The minimum atomic E-state index is 0.667. The minimum Gasteiger partial charge on any atom is -0.313 e. The predicted octanol–water partition coefficient (Wildman–Crippen LogP) is 3.37. The summed E-state index contributed by atoms with van der Waals surface area (Å²) in [5, 5.41) is 11.8. The van der Waals surface area contributed by atoms with E-state index in [1.165, 1.54) is 11.1 Å². The van der Waals surface area contributed by atoms with Crippen molar-refractivity contribution < 1.29 is 0 Å². The van der Waals surface area contributed by atoms with Gasteiger partial charge >= 0.3 is 0 Å². The van der Waals surface area contributed by atoms with Crippen LogP contribution in [0.5, 0.6) is 0 Å². The first-order valence-corrected chi connectivity index (χ1v) is 6.13. The molecular weight excluding hydrogens is 208 g/mol. The van der Waals surface area contributed by atoms with Crippen LogP contribution in [0.15, 0.2) is 35.9 Å². The van der Waals surface area contributed by atoms with Gasteiger partial charge in [0.25, 0.3) is 0 Å². The molecule has 1 N–H and O–H groups in total. The van der Waals surface area contributed by atoms with E-state index in [2.05, 4.69) is 48.7 Å². The maximum atomic E-state index is 8.40. The van der Waals surface area contributed by atoms with E-state index in [0.29, 0.717) is 6.42 Å². The fraction of sp³-hybridized carbons (Fsp3) is 0.400. The molecule has 0 saturated heterocycles. The zero-order chi connectivity index (χ0) is 12.3. The molecule has 0 aromatic heterocycles. The Labute approximate surface area is 104 Å². The topological polar surface area (TPSA) is 35.8 Å². The van der Waals surface area contributed by atoms with Gasteiger partial charge in [-0.25, -0.2) is 0 Å². The number of rotatable bonds is 7. The largest absolute Gasteiger partial charge is 0.313 e. The maximum absolute atomic E-state index is 8.40. The molecule has 0 aliphatic rings. The lowest BCUT2D eigenvalue weighted by Crippen LogP contribution is -2.17. The summed E-state index contributed by atoms with van der Waals surface area (Å²) in [6.45, 7) is 4.04. The maximum Gasteiger partial charge on any atom is 0.0621 e. The summed E-state index contributed by atoms with van der Waals surface area (Å²) < 4.78 is 0. The standard InChI is InChI=1S/C15H20N2/c1-14(12-15-8-4-2-5-9-15)13-17-11-7-3-6-10-16/h2,4-5,8-9,12,17H,3,6-7,11,13H2,1H3/b14-12-. The van der Waals surface area contributed by atoms with Crippen LogP contribution in [0.1, 0.15) is 31.7 Å². The predicted molar refractivity (Wildman–Crippen MR) is 72.4 cm³/mol. The van der Waals surface area contributed by atoms with Crippen molar-refractivity contribution in [2.45, 2.75) is 26.2 Å². The van der Waals surface area contributed by atoms with E-state index >= 15 is 0 Å². The number of nitrogens with one attached hydrogen (secondary N) is 1. The van der Waals surface area contributed by atoms with Crippen molar-refractivity contribution in [2.75, 3.05) is 13.1 Å². The van der Waals surface area contributed by atoms with Crippen LogP contribution in [0, 0.1) is 11.3 Å². The minimum absolute atomic E-state index is 0.667. The van der Waals surface area contributed by atoms with Crippen LogP contribution in [0.25, 0.3) is 6.08 Å². The molecule has 0 atom stereocenters. The van der Waals surface area contributed by atoms with Crippen LogP contribution >= 0.6 is 0 Å². The van der Waals surface area contributed by atoms with Gasteiger partial charge < -0.3 is 5.32 Å². The van der Waals surface area contributed by atoms with Crippen molar-refractivity contribution in [3.8, 4) is 6.07 Å². The van der Waals surface area contributed by atoms with Gasteiger partial charge in [0.05, 0.1) is 6.07 Å². The quantitative estimate of drug-likeness (QED) is 0.726. The highest BCUT2D eigenvalue weighted by Gasteiger charge is 1.92. The van der Waals surface area contributed by atoms with Gasteiger partial charge in [-0.1, -0.05) is 42.0 Å². The lowest BCUT2D eigenvalue weighted by molar-refractivity contribution is 0.656. The molecule has 0 aliphatic heterocycles. The second-order valence-electron chi connectivity index (χ2n) is 4.19. The lowest BCUT2D eigenvalue weighted by atomic mass is 10.1. The first kappa shape index (κ1) is 13.5. The van der Waals surface area contributed by atoms with E-state index in [4.69, 9.17) is 5.26 Å². The Morgan fingerprint density at radius 1 is 1.29 bits per heavy atom. The first-order valence-electron chi connectivity index (χ1n) is 6.13. The summed E-state index contributed by atoms with van der Waals surface area (Å²) in [6, 6.07) is 12.5. The normalized spacial score (nSPS) is 11.2. The summed E-state index contributed by atoms with van der Waals surface area (Å²) in [7, 11) is 0. The Kier molecular flexibility index (Phi) is 6.78. The van der Waals surface area contributed by atoms with Crippen molar-refractivity contribution in [1.82, 2.24) is 5.32 Å². The first-order chi connectivity index (χ1) is 8.33. The molecule has 0 bridgehead atoms. The van der Waals surface area contributed by atoms with Crippen LogP contribution < -0.4 is 5.32 Å². The highest BCUT2D eigenvalue weighted by Crippen LogP contribution is 2.05. The SMILES string of the molecule is C/C(=C/c1ccccc1)CNCCCCC#N. The Bertz CT molecular complexity index is 374. The third-order valence-electron chi connectivity index (χ3n) is 2.51. The average Bonchev–Trinajstić information content (AvgIpc) is 2.35. The summed E-state index contributed by atoms with van der Waals surface area (Å²) in [5.41, 5.74) is 2.58. The monoisotopic (exact) mass is 228 g/mol. The van der Waals surface area contributed by atoms with E-state index in [1.807, 2.05) is 6.07 Å². The van der Waals surface area contributed by atoms with Crippen LogP contribution in [-0.4, -0.2) is 13.1 Å². The van der Waals surface area contributed by atoms with Gasteiger partial charge in [-0.2, -0.15) is 5.26 Å². The Hall–Kier alpha value is -1.59. The number of unbranched alkanes of at least 4 members (excludes halogenated alkanes) is 2. The van der Waals surface area contributed by atoms with Crippen LogP contribution in [0.3, 0.4) is 0 Å². The zero-order valence-electron chi connectivity index (χ0n) is 10.4. The van der Waals surface area contributed by atoms with E-state index < -0.39 is 0 Å². The molecule has 0 amide bonds. The van der Waals surface area contributed by atoms with E-state index in [0.717, 1.165) is 25.9 Å². The molecule has 1 aromatic carbocycles. The molecule has 0 aliphatic carbocycles. The second-order valence-corrected chi connectivity index (χ2v) is 4.19. The van der Waals surface area contributed by atoms with Gasteiger partial charge in [0.15, 0.2) is 0 Å². The number of nitrogens with zero attached hydrogens (tertiary/aromatic N) is 1. The number of hydrogen-bond donors (Lipinski definition) is 1. The van der Waals surface area contributed by atoms with Crippen molar-refractivity contribution >= 4 is 6.08 Å². The molecule has 2 nitrogen and oxygen atoms in total. The zero-order valence-corrected chi connectivity index (χ0v) is 10.4.